The van der Waals surface area contributed by atoms with Gasteiger partial charge in [-0.1, -0.05) is 24.3 Å². The van der Waals surface area contributed by atoms with Crippen molar-refractivity contribution < 1.29 is 9.53 Å². The van der Waals surface area contributed by atoms with Gasteiger partial charge < -0.3 is 10.1 Å². The van der Waals surface area contributed by atoms with Gasteiger partial charge in [0.1, 0.15) is 12.4 Å². The maximum atomic E-state index is 12.2. The van der Waals surface area contributed by atoms with E-state index in [0.29, 0.717) is 24.5 Å². The monoisotopic (exact) mass is 363 g/mol. The summed E-state index contributed by atoms with van der Waals surface area (Å²) in [6.45, 7) is 4.75. The highest BCUT2D eigenvalue weighted by Gasteiger charge is 2.09. The number of rotatable bonds is 7. The molecule has 1 aromatic carbocycles. The van der Waals surface area contributed by atoms with Crippen LogP contribution in [0.25, 0.3) is 0 Å². The minimum Gasteiger partial charge on any atom is -0.488 e. The first kappa shape index (κ1) is 16.8. The number of halogens is 1. The van der Waals surface area contributed by atoms with Gasteiger partial charge in [-0.15, -0.1) is 0 Å². The molecule has 0 aromatic heterocycles. The van der Waals surface area contributed by atoms with E-state index >= 15 is 0 Å². The van der Waals surface area contributed by atoms with Crippen LogP contribution in [0, 0.1) is 0 Å². The summed E-state index contributed by atoms with van der Waals surface area (Å²) in [6, 6.07) is 5.36. The first-order valence-corrected chi connectivity index (χ1v) is 8.49. The van der Waals surface area contributed by atoms with Crippen LogP contribution < -0.4 is 10.1 Å². The molecule has 1 aliphatic carbocycles. The summed E-state index contributed by atoms with van der Waals surface area (Å²) >= 11 is 3.43. The van der Waals surface area contributed by atoms with E-state index in [-0.39, 0.29) is 5.91 Å². The van der Waals surface area contributed by atoms with Gasteiger partial charge in [-0.2, -0.15) is 0 Å². The Morgan fingerprint density at radius 1 is 1.41 bits per heavy atom. The zero-order chi connectivity index (χ0) is 15.8. The molecule has 0 unspecified atom stereocenters. The van der Waals surface area contributed by atoms with Crippen LogP contribution in [0.15, 0.2) is 47.0 Å². The van der Waals surface area contributed by atoms with E-state index in [4.69, 9.17) is 4.74 Å². The Balaban J connectivity index is 1.85. The Labute approximate surface area is 140 Å². The second kappa shape index (κ2) is 8.79. The highest BCUT2D eigenvalue weighted by Crippen LogP contribution is 2.26. The molecule has 3 nitrogen and oxygen atoms in total. The maximum Gasteiger partial charge on any atom is 0.251 e. The Morgan fingerprint density at radius 2 is 2.27 bits per heavy atom. The van der Waals surface area contributed by atoms with Crippen LogP contribution in [0.1, 0.15) is 42.5 Å². The lowest BCUT2D eigenvalue weighted by Gasteiger charge is -2.13. The zero-order valence-corrected chi connectivity index (χ0v) is 14.3. The largest absolute Gasteiger partial charge is 0.488 e. The average Bonchev–Trinajstić information content (AvgIpc) is 2.54. The van der Waals surface area contributed by atoms with E-state index in [9.17, 15) is 4.79 Å². The molecule has 0 spiro atoms. The maximum absolute atomic E-state index is 12.2. The molecule has 0 atom stereocenters. The first-order valence-electron chi connectivity index (χ1n) is 7.70. The molecule has 1 aromatic rings. The van der Waals surface area contributed by atoms with Crippen LogP contribution in [0.2, 0.25) is 0 Å². The number of allylic oxidation sites excluding steroid dienone is 1. The van der Waals surface area contributed by atoms with E-state index in [0.717, 1.165) is 10.9 Å². The van der Waals surface area contributed by atoms with Gasteiger partial charge in [0, 0.05) is 12.1 Å². The van der Waals surface area contributed by atoms with Gasteiger partial charge in [0.05, 0.1) is 4.47 Å². The Morgan fingerprint density at radius 3 is 2.95 bits per heavy atom. The Hall–Kier alpha value is -1.55. The van der Waals surface area contributed by atoms with Gasteiger partial charge in [0.2, 0.25) is 0 Å². The minimum atomic E-state index is -0.0487. The SMILES string of the molecule is C=CCOc1ccc(C(=O)NCCC2=CCCCC2)cc1Br. The number of amides is 1. The summed E-state index contributed by atoms with van der Waals surface area (Å²) in [5, 5.41) is 2.98. The number of carbonyl (C=O) groups is 1. The lowest BCUT2D eigenvalue weighted by atomic mass is 9.97. The Bertz CT molecular complexity index is 566. The van der Waals surface area contributed by atoms with Crippen molar-refractivity contribution in [1.29, 1.82) is 0 Å². The molecule has 2 rings (SSSR count). The molecule has 0 aliphatic heterocycles. The molecule has 22 heavy (non-hydrogen) atoms. The zero-order valence-electron chi connectivity index (χ0n) is 12.7. The van der Waals surface area contributed by atoms with Crippen LogP contribution in [0.3, 0.4) is 0 Å². The van der Waals surface area contributed by atoms with Crippen molar-refractivity contribution in [2.75, 3.05) is 13.2 Å². The quantitative estimate of drug-likeness (QED) is 0.716. The number of hydrogen-bond donors (Lipinski definition) is 1. The Kier molecular flexibility index (Phi) is 6.72. The summed E-state index contributed by atoms with van der Waals surface area (Å²) in [5.41, 5.74) is 2.11. The number of carbonyl (C=O) groups excluding carboxylic acids is 1. The number of ether oxygens (including phenoxy) is 1. The average molecular weight is 364 g/mol. The molecule has 1 N–H and O–H groups in total. The van der Waals surface area contributed by atoms with Crippen molar-refractivity contribution in [2.45, 2.75) is 32.1 Å². The third-order valence-corrected chi connectivity index (χ3v) is 4.29. The van der Waals surface area contributed by atoms with Crippen LogP contribution in [-0.2, 0) is 0 Å². The van der Waals surface area contributed by atoms with Gasteiger partial charge in [0.25, 0.3) is 5.91 Å². The van der Waals surface area contributed by atoms with E-state index in [2.05, 4.69) is 33.9 Å². The lowest BCUT2D eigenvalue weighted by Crippen LogP contribution is -2.24. The molecule has 118 valence electrons. The highest BCUT2D eigenvalue weighted by atomic mass is 79.9. The fourth-order valence-electron chi connectivity index (χ4n) is 2.48. The number of benzene rings is 1. The molecular formula is C18H22BrNO2. The molecule has 4 heteroatoms. The predicted molar refractivity (Wildman–Crippen MR) is 93.3 cm³/mol. The molecule has 1 aliphatic rings. The third-order valence-electron chi connectivity index (χ3n) is 3.67. The van der Waals surface area contributed by atoms with E-state index in [1.54, 1.807) is 24.3 Å². The third kappa shape index (κ3) is 5.02. The molecule has 0 saturated heterocycles. The smallest absolute Gasteiger partial charge is 0.251 e. The highest BCUT2D eigenvalue weighted by molar-refractivity contribution is 9.10. The van der Waals surface area contributed by atoms with E-state index in [1.807, 2.05) is 0 Å². The van der Waals surface area contributed by atoms with Crippen LogP contribution >= 0.6 is 15.9 Å². The second-order valence-corrected chi connectivity index (χ2v) is 6.21. The normalized spacial score (nSPS) is 14.1. The van der Waals surface area contributed by atoms with Crippen molar-refractivity contribution in [3.05, 3.63) is 52.5 Å². The number of nitrogens with one attached hydrogen (secondary N) is 1. The summed E-state index contributed by atoms with van der Waals surface area (Å²) in [7, 11) is 0. The molecule has 0 bridgehead atoms. The first-order chi connectivity index (χ1) is 10.7. The fraction of sp³-hybridized carbons (Fsp3) is 0.389. The molecule has 0 saturated carbocycles. The van der Waals surface area contributed by atoms with Gasteiger partial charge in [0.15, 0.2) is 0 Å². The molecule has 0 radical (unpaired) electrons. The topological polar surface area (TPSA) is 38.3 Å². The second-order valence-electron chi connectivity index (χ2n) is 5.36. The minimum absolute atomic E-state index is 0.0487. The fourth-order valence-corrected chi connectivity index (χ4v) is 2.97. The van der Waals surface area contributed by atoms with Crippen molar-refractivity contribution in [1.82, 2.24) is 5.32 Å². The number of hydrogen-bond acceptors (Lipinski definition) is 2. The molecule has 0 fully saturated rings. The molecule has 0 heterocycles. The van der Waals surface area contributed by atoms with E-state index in [1.165, 1.54) is 31.3 Å². The van der Waals surface area contributed by atoms with Crippen molar-refractivity contribution in [3.63, 3.8) is 0 Å². The summed E-state index contributed by atoms with van der Waals surface area (Å²) < 4.78 is 6.25. The summed E-state index contributed by atoms with van der Waals surface area (Å²) in [4.78, 5) is 12.2. The summed E-state index contributed by atoms with van der Waals surface area (Å²) in [6.07, 6.45) is 9.89. The molecule has 1 amide bonds. The van der Waals surface area contributed by atoms with Crippen LogP contribution in [0.4, 0.5) is 0 Å². The van der Waals surface area contributed by atoms with E-state index < -0.39 is 0 Å². The van der Waals surface area contributed by atoms with Gasteiger partial charge in [-0.3, -0.25) is 4.79 Å². The predicted octanol–water partition coefficient (Wildman–Crippen LogP) is 4.63. The van der Waals surface area contributed by atoms with Gasteiger partial charge >= 0.3 is 0 Å². The van der Waals surface area contributed by atoms with Crippen LogP contribution in [-0.4, -0.2) is 19.1 Å². The molecular weight excluding hydrogens is 342 g/mol. The van der Waals surface area contributed by atoms with Crippen molar-refractivity contribution >= 4 is 21.8 Å². The van der Waals surface area contributed by atoms with Crippen LogP contribution in [0.5, 0.6) is 5.75 Å². The van der Waals surface area contributed by atoms with Gasteiger partial charge in [-0.25, -0.2) is 0 Å². The standard InChI is InChI=1S/C18H22BrNO2/c1-2-12-22-17-9-8-15(13-16(17)19)18(21)20-11-10-14-6-4-3-5-7-14/h2,6,8-9,13H,1,3-5,7,10-12H2,(H,20,21). The van der Waals surface area contributed by atoms with Crippen molar-refractivity contribution in [2.24, 2.45) is 0 Å². The van der Waals surface area contributed by atoms with Gasteiger partial charge in [-0.05, 0) is 66.2 Å². The summed E-state index contributed by atoms with van der Waals surface area (Å²) in [5.74, 6) is 0.663. The lowest BCUT2D eigenvalue weighted by molar-refractivity contribution is 0.0954. The van der Waals surface area contributed by atoms with Crippen molar-refractivity contribution in [3.8, 4) is 5.75 Å².